The number of hydrogen-bond acceptors (Lipinski definition) is 6. The van der Waals surface area contributed by atoms with E-state index in [0.29, 0.717) is 12.0 Å². The molecular weight excluding hydrogens is 396 g/mol. The van der Waals surface area contributed by atoms with E-state index in [1.807, 2.05) is 31.4 Å². The van der Waals surface area contributed by atoms with Crippen LogP contribution in [-0.4, -0.2) is 52.4 Å². The summed E-state index contributed by atoms with van der Waals surface area (Å²) in [7, 11) is 0. The summed E-state index contributed by atoms with van der Waals surface area (Å²) in [5, 5.41) is 14.1. The number of carboxylic acids is 1. The molecule has 1 aromatic heterocycles. The van der Waals surface area contributed by atoms with Gasteiger partial charge < -0.3 is 15.2 Å². The van der Waals surface area contributed by atoms with Gasteiger partial charge in [0.1, 0.15) is 18.3 Å². The molecule has 1 aliphatic heterocycles. The van der Waals surface area contributed by atoms with Crippen LogP contribution in [0.4, 0.5) is 0 Å². The molecular formula is C20H28N2O6S. The number of β-lactam (4-membered cyclic amide) rings is 1. The fourth-order valence-corrected chi connectivity index (χ4v) is 3.57. The number of thiophene rings is 1. The van der Waals surface area contributed by atoms with Gasteiger partial charge >= 0.3 is 11.9 Å². The zero-order valence-corrected chi connectivity index (χ0v) is 18.2. The number of carbonyl (C=O) groups excluding carboxylic acids is 3. The van der Waals surface area contributed by atoms with Crippen molar-refractivity contribution in [1.29, 1.82) is 0 Å². The summed E-state index contributed by atoms with van der Waals surface area (Å²) < 4.78 is 4.90. The maximum atomic E-state index is 12.5. The number of nitrogens with one attached hydrogen (secondary N) is 1. The van der Waals surface area contributed by atoms with Crippen molar-refractivity contribution >= 4 is 35.1 Å². The first-order chi connectivity index (χ1) is 13.8. The van der Waals surface area contributed by atoms with Crippen LogP contribution < -0.4 is 5.32 Å². The lowest BCUT2D eigenvalue weighted by Gasteiger charge is -2.46. The largest absolute Gasteiger partial charge is 0.477 e. The molecule has 2 heterocycles. The second kappa shape index (κ2) is 11.4. The number of hydrogen-bond donors (Lipinski definition) is 2. The molecule has 0 radical (unpaired) electrons. The maximum Gasteiger partial charge on any atom is 0.352 e. The molecule has 0 aromatic carbocycles. The van der Waals surface area contributed by atoms with Gasteiger partial charge in [0.05, 0.1) is 12.5 Å². The van der Waals surface area contributed by atoms with E-state index in [0.717, 1.165) is 9.78 Å². The third kappa shape index (κ3) is 6.15. The molecule has 0 bridgehead atoms. The number of nitrogens with zero attached hydrogens (tertiary/aromatic N) is 1. The quantitative estimate of drug-likeness (QED) is 0.376. The van der Waals surface area contributed by atoms with Gasteiger partial charge in [-0.25, -0.2) is 4.79 Å². The van der Waals surface area contributed by atoms with E-state index < -0.39 is 29.9 Å². The van der Waals surface area contributed by atoms with E-state index in [1.165, 1.54) is 18.3 Å². The molecule has 2 unspecified atom stereocenters. The van der Waals surface area contributed by atoms with Crippen LogP contribution in [0.1, 0.15) is 45.9 Å². The summed E-state index contributed by atoms with van der Waals surface area (Å²) in [6.45, 7) is 8.42. The highest BCUT2D eigenvalue weighted by Crippen LogP contribution is 2.28. The Hall–Kier alpha value is -2.68. The molecule has 160 valence electrons. The number of carbonyl (C=O) groups is 4. The van der Waals surface area contributed by atoms with Gasteiger partial charge in [-0.15, -0.1) is 11.3 Å². The Morgan fingerprint density at radius 2 is 1.97 bits per heavy atom. The van der Waals surface area contributed by atoms with Crippen molar-refractivity contribution in [3.63, 3.8) is 0 Å². The van der Waals surface area contributed by atoms with Crippen molar-refractivity contribution in [3.8, 4) is 0 Å². The molecule has 2 atom stereocenters. The molecule has 8 nitrogen and oxygen atoms in total. The smallest absolute Gasteiger partial charge is 0.352 e. The Kier molecular flexibility index (Phi) is 9.54. The highest BCUT2D eigenvalue weighted by Gasteiger charge is 2.49. The Morgan fingerprint density at radius 3 is 2.41 bits per heavy atom. The van der Waals surface area contributed by atoms with Crippen molar-refractivity contribution in [2.24, 2.45) is 0 Å². The van der Waals surface area contributed by atoms with Crippen molar-refractivity contribution < 1.29 is 29.0 Å². The molecule has 1 aliphatic rings. The standard InChI is InChI=1S/C18H22N2O6S.C2H6/c1-4-12(9-26-11(3)21)16(18(24)25)20-10(2)15(17(20)23)19-14(22)8-13-6-5-7-27-13;1-2/h5-7,10,15H,4,8-9H2,1-3H3,(H,19,22)(H,24,25);1-2H3/b16-12+;. The summed E-state index contributed by atoms with van der Waals surface area (Å²) in [5.74, 6) is -2.60. The topological polar surface area (TPSA) is 113 Å². The van der Waals surface area contributed by atoms with Crippen LogP contribution in [-0.2, 0) is 30.3 Å². The van der Waals surface area contributed by atoms with Gasteiger partial charge in [-0.2, -0.15) is 0 Å². The van der Waals surface area contributed by atoms with Crippen LogP contribution in [0.25, 0.3) is 0 Å². The Morgan fingerprint density at radius 1 is 1.31 bits per heavy atom. The normalized spacial score (nSPS) is 18.7. The third-order valence-corrected chi connectivity index (χ3v) is 5.16. The summed E-state index contributed by atoms with van der Waals surface area (Å²) in [4.78, 5) is 49.4. The van der Waals surface area contributed by atoms with E-state index in [1.54, 1.807) is 13.8 Å². The molecule has 2 amide bonds. The number of ether oxygens (including phenoxy) is 1. The predicted octanol–water partition coefficient (Wildman–Crippen LogP) is 2.34. The lowest BCUT2D eigenvalue weighted by molar-refractivity contribution is -0.154. The minimum atomic E-state index is -1.28. The molecule has 1 fully saturated rings. The van der Waals surface area contributed by atoms with E-state index in [2.05, 4.69) is 5.32 Å². The minimum Gasteiger partial charge on any atom is -0.477 e. The van der Waals surface area contributed by atoms with Crippen LogP contribution in [0.3, 0.4) is 0 Å². The van der Waals surface area contributed by atoms with Crippen molar-refractivity contribution in [1.82, 2.24) is 10.2 Å². The average molecular weight is 425 g/mol. The minimum absolute atomic E-state index is 0.169. The number of likely N-dealkylation sites (tertiary alicyclic amines) is 1. The summed E-state index contributed by atoms with van der Waals surface area (Å²) >= 11 is 1.45. The molecule has 1 saturated heterocycles. The number of aliphatic carboxylic acids is 1. The zero-order valence-electron chi connectivity index (χ0n) is 17.4. The van der Waals surface area contributed by atoms with Crippen LogP contribution in [0.5, 0.6) is 0 Å². The van der Waals surface area contributed by atoms with Gasteiger partial charge in [0.2, 0.25) is 5.91 Å². The fraction of sp³-hybridized carbons (Fsp3) is 0.500. The summed E-state index contributed by atoms with van der Waals surface area (Å²) in [5.41, 5.74) is 0.140. The molecule has 29 heavy (non-hydrogen) atoms. The summed E-state index contributed by atoms with van der Waals surface area (Å²) in [6, 6.07) is 2.37. The monoisotopic (exact) mass is 424 g/mol. The molecule has 9 heteroatoms. The highest BCUT2D eigenvalue weighted by molar-refractivity contribution is 7.10. The van der Waals surface area contributed by atoms with E-state index in [-0.39, 0.29) is 24.6 Å². The molecule has 2 N–H and O–H groups in total. The number of rotatable bonds is 8. The predicted molar refractivity (Wildman–Crippen MR) is 109 cm³/mol. The first kappa shape index (κ1) is 24.4. The van der Waals surface area contributed by atoms with E-state index in [4.69, 9.17) is 4.74 Å². The highest BCUT2D eigenvalue weighted by atomic mass is 32.1. The fourth-order valence-electron chi connectivity index (χ4n) is 2.87. The van der Waals surface area contributed by atoms with Gasteiger partial charge in [-0.3, -0.25) is 19.3 Å². The average Bonchev–Trinajstić information content (AvgIpc) is 3.19. The number of carboxylic acid groups (broad SMARTS) is 1. The zero-order chi connectivity index (χ0) is 22.1. The maximum absolute atomic E-state index is 12.5. The van der Waals surface area contributed by atoms with Crippen LogP contribution in [0.2, 0.25) is 0 Å². The van der Waals surface area contributed by atoms with Crippen molar-refractivity contribution in [2.45, 2.75) is 59.5 Å². The first-order valence-electron chi connectivity index (χ1n) is 9.49. The number of amides is 2. The third-order valence-electron chi connectivity index (χ3n) is 4.28. The van der Waals surface area contributed by atoms with E-state index in [9.17, 15) is 24.3 Å². The molecule has 1 aromatic rings. The van der Waals surface area contributed by atoms with Gasteiger partial charge in [0, 0.05) is 11.8 Å². The Bertz CT molecular complexity index is 772. The van der Waals surface area contributed by atoms with Crippen LogP contribution in [0.15, 0.2) is 28.8 Å². The lowest BCUT2D eigenvalue weighted by Crippen LogP contribution is -2.69. The number of esters is 1. The van der Waals surface area contributed by atoms with Gasteiger partial charge in [-0.05, 0) is 30.4 Å². The van der Waals surface area contributed by atoms with Crippen LogP contribution >= 0.6 is 11.3 Å². The van der Waals surface area contributed by atoms with Crippen LogP contribution in [0, 0.1) is 0 Å². The second-order valence-corrected chi connectivity index (χ2v) is 7.17. The Labute approximate surface area is 174 Å². The van der Waals surface area contributed by atoms with Crippen molar-refractivity contribution in [3.05, 3.63) is 33.7 Å². The Balaban J connectivity index is 0.00000204. The SMILES string of the molecule is CC.CC/C(COC(C)=O)=C(/C(=O)O)N1C(=O)C(NC(=O)Cc2cccs2)C1C. The van der Waals surface area contributed by atoms with Gasteiger partial charge in [0.25, 0.3) is 5.91 Å². The van der Waals surface area contributed by atoms with Crippen molar-refractivity contribution in [2.75, 3.05) is 6.61 Å². The van der Waals surface area contributed by atoms with Gasteiger partial charge in [-0.1, -0.05) is 26.8 Å². The first-order valence-corrected chi connectivity index (χ1v) is 10.4. The second-order valence-electron chi connectivity index (χ2n) is 6.14. The molecule has 0 saturated carbocycles. The lowest BCUT2D eigenvalue weighted by atomic mass is 9.93. The van der Waals surface area contributed by atoms with Gasteiger partial charge in [0.15, 0.2) is 0 Å². The molecule has 0 spiro atoms. The van der Waals surface area contributed by atoms with E-state index >= 15 is 0 Å². The summed E-state index contributed by atoms with van der Waals surface area (Å²) in [6.07, 6.45) is 0.475. The molecule has 0 aliphatic carbocycles. The molecule has 2 rings (SSSR count).